The Morgan fingerprint density at radius 1 is 1.12 bits per heavy atom. The number of halogens is 2. The molecule has 2 N–H and O–H groups in total. The summed E-state index contributed by atoms with van der Waals surface area (Å²) in [5.41, 5.74) is 4.97. The van der Waals surface area contributed by atoms with Crippen LogP contribution >= 0.6 is 0 Å². The average molecular weight is 567 g/mol. The van der Waals surface area contributed by atoms with Crippen molar-refractivity contribution in [3.05, 3.63) is 58.1 Å². The van der Waals surface area contributed by atoms with Crippen LogP contribution < -0.4 is 15.4 Å². The molecule has 1 fully saturated rings. The fraction of sp³-hybridized carbons (Fsp3) is 0.562. The number of likely N-dealkylation sites (N-methyl/N-ethyl adjacent to an activating group) is 1. The molecule has 3 unspecified atom stereocenters. The predicted molar refractivity (Wildman–Crippen MR) is 160 cm³/mol. The first kappa shape index (κ1) is 29.5. The second-order valence-corrected chi connectivity index (χ2v) is 11.7. The van der Waals surface area contributed by atoms with E-state index in [-0.39, 0.29) is 29.6 Å². The van der Waals surface area contributed by atoms with E-state index in [1.807, 2.05) is 0 Å². The molecule has 9 heteroatoms. The Hall–Kier alpha value is -3.04. The maximum absolute atomic E-state index is 15.7. The van der Waals surface area contributed by atoms with Crippen molar-refractivity contribution in [2.45, 2.75) is 72.4 Å². The quantitative estimate of drug-likeness (QED) is 0.389. The number of fused-ring (bicyclic) bond motifs is 1. The van der Waals surface area contributed by atoms with Crippen molar-refractivity contribution in [2.75, 3.05) is 44.6 Å². The van der Waals surface area contributed by atoms with Crippen LogP contribution in [0.15, 0.2) is 29.7 Å². The zero-order valence-electron chi connectivity index (χ0n) is 25.1. The Labute approximate surface area is 243 Å². The molecule has 3 aliphatic rings. The fourth-order valence-corrected chi connectivity index (χ4v) is 6.34. The summed E-state index contributed by atoms with van der Waals surface area (Å²) in [5.74, 6) is -0.467. The summed E-state index contributed by atoms with van der Waals surface area (Å²) in [7, 11) is 0. The highest BCUT2D eigenvalue weighted by Gasteiger charge is 2.29. The van der Waals surface area contributed by atoms with Crippen LogP contribution in [0, 0.1) is 17.6 Å². The number of anilines is 1. The minimum atomic E-state index is -0.689. The zero-order chi connectivity index (χ0) is 29.1. The van der Waals surface area contributed by atoms with Crippen molar-refractivity contribution >= 4 is 11.9 Å². The van der Waals surface area contributed by atoms with Gasteiger partial charge in [-0.05, 0) is 49.3 Å². The van der Waals surface area contributed by atoms with Crippen molar-refractivity contribution < 1.29 is 13.5 Å². The van der Waals surface area contributed by atoms with Gasteiger partial charge < -0.3 is 19.9 Å². The third kappa shape index (κ3) is 6.41. The van der Waals surface area contributed by atoms with Crippen molar-refractivity contribution in [3.8, 4) is 11.6 Å². The van der Waals surface area contributed by atoms with E-state index in [2.05, 4.69) is 77.2 Å². The molecule has 1 aliphatic carbocycles. The van der Waals surface area contributed by atoms with Crippen molar-refractivity contribution in [1.82, 2.24) is 25.1 Å². The van der Waals surface area contributed by atoms with Gasteiger partial charge in [0.15, 0.2) is 5.82 Å². The van der Waals surface area contributed by atoms with Crippen LogP contribution in [0.2, 0.25) is 0 Å². The standard InChI is InChI=1S/C32H44F2N6O/c1-6-8-24-25-16-20(3)15-21(4)22(5)29(25)26(33)17-27(24)41-32-30(34)31(36-19-37-32)38-28-10-9-23(18-35-28)40-13-11-39(7-2)12-14-40/h9,16-17,19,21-22,28,35H,6-8,10-15,18H2,1-5H3,(H,36,37,38). The van der Waals surface area contributed by atoms with Crippen LogP contribution in [0.1, 0.15) is 76.5 Å². The molecule has 7 nitrogen and oxygen atoms in total. The smallest absolute Gasteiger partial charge is 0.261 e. The lowest BCUT2D eigenvalue weighted by atomic mass is 9.84. The van der Waals surface area contributed by atoms with Gasteiger partial charge in [-0.15, -0.1) is 0 Å². The fourth-order valence-electron chi connectivity index (χ4n) is 6.34. The summed E-state index contributed by atoms with van der Waals surface area (Å²) in [6, 6.07) is 1.41. The maximum atomic E-state index is 15.7. The zero-order valence-corrected chi connectivity index (χ0v) is 25.1. The minimum Gasteiger partial charge on any atom is -0.436 e. The first-order chi connectivity index (χ1) is 19.8. The first-order valence-electron chi connectivity index (χ1n) is 15.2. The maximum Gasteiger partial charge on any atom is 0.261 e. The Morgan fingerprint density at radius 3 is 2.59 bits per heavy atom. The molecule has 1 saturated heterocycles. The normalized spacial score (nSPS) is 23.4. The number of rotatable bonds is 8. The van der Waals surface area contributed by atoms with Gasteiger partial charge in [0.1, 0.15) is 17.9 Å². The minimum absolute atomic E-state index is 0.0615. The number of allylic oxidation sites excluding steroid dienone is 1. The van der Waals surface area contributed by atoms with E-state index in [0.717, 1.165) is 62.3 Å². The van der Waals surface area contributed by atoms with Gasteiger partial charge in [0.2, 0.25) is 5.82 Å². The summed E-state index contributed by atoms with van der Waals surface area (Å²) in [4.78, 5) is 13.1. The van der Waals surface area contributed by atoms with Crippen LogP contribution in [0.4, 0.5) is 14.6 Å². The van der Waals surface area contributed by atoms with Gasteiger partial charge in [0.05, 0.1) is 6.17 Å². The van der Waals surface area contributed by atoms with Gasteiger partial charge >= 0.3 is 0 Å². The van der Waals surface area contributed by atoms with Crippen molar-refractivity contribution in [2.24, 2.45) is 5.92 Å². The van der Waals surface area contributed by atoms with Gasteiger partial charge in [-0.25, -0.2) is 9.37 Å². The first-order valence-corrected chi connectivity index (χ1v) is 15.2. The van der Waals surface area contributed by atoms with Gasteiger partial charge in [-0.1, -0.05) is 51.8 Å². The lowest BCUT2D eigenvalue weighted by molar-refractivity contribution is 0.160. The molecule has 5 rings (SSSR count). The predicted octanol–water partition coefficient (Wildman–Crippen LogP) is 6.30. The van der Waals surface area contributed by atoms with E-state index in [4.69, 9.17) is 4.74 Å². The highest BCUT2D eigenvalue weighted by atomic mass is 19.1. The number of hydrogen-bond donors (Lipinski definition) is 2. The molecule has 1 aromatic heterocycles. The van der Waals surface area contributed by atoms with Crippen LogP contribution in [-0.2, 0) is 6.42 Å². The summed E-state index contributed by atoms with van der Waals surface area (Å²) in [6.45, 7) is 16.6. The van der Waals surface area contributed by atoms with E-state index < -0.39 is 5.82 Å². The molecule has 3 heterocycles. The van der Waals surface area contributed by atoms with E-state index in [9.17, 15) is 0 Å². The van der Waals surface area contributed by atoms with Gasteiger partial charge in [0.25, 0.3) is 5.88 Å². The molecule has 41 heavy (non-hydrogen) atoms. The van der Waals surface area contributed by atoms with Gasteiger partial charge in [-0.2, -0.15) is 9.37 Å². The molecule has 2 aromatic rings. The van der Waals surface area contributed by atoms with E-state index >= 15 is 8.78 Å². The SMILES string of the molecule is CCCc1c(Oc2ncnc(NC3CC=C(N4CCN(CC)CC4)CN3)c2F)cc(F)c2c1C=C(C)CC(C)C2C. The molecule has 0 amide bonds. The third-order valence-electron chi connectivity index (χ3n) is 8.89. The van der Waals surface area contributed by atoms with Crippen LogP contribution in [0.3, 0.4) is 0 Å². The van der Waals surface area contributed by atoms with Gasteiger partial charge in [-0.3, -0.25) is 5.32 Å². The highest BCUT2D eigenvalue weighted by Crippen LogP contribution is 2.43. The molecule has 1 aromatic carbocycles. The van der Waals surface area contributed by atoms with E-state index in [1.165, 1.54) is 23.7 Å². The molecular weight excluding hydrogens is 522 g/mol. The van der Waals surface area contributed by atoms with Crippen molar-refractivity contribution in [3.63, 3.8) is 0 Å². The summed E-state index contributed by atoms with van der Waals surface area (Å²) in [5, 5.41) is 6.63. The molecule has 2 aliphatic heterocycles. The van der Waals surface area contributed by atoms with Crippen LogP contribution in [0.25, 0.3) is 6.08 Å². The number of aromatic nitrogens is 2. The molecule has 0 bridgehead atoms. The number of nitrogens with one attached hydrogen (secondary N) is 2. The average Bonchev–Trinajstić information content (AvgIpc) is 3.08. The molecular formula is C32H44F2N6O. The third-order valence-corrected chi connectivity index (χ3v) is 8.89. The Morgan fingerprint density at radius 2 is 1.90 bits per heavy atom. The summed E-state index contributed by atoms with van der Waals surface area (Å²) in [6.07, 6.45) is 8.56. The van der Waals surface area contributed by atoms with Crippen LogP contribution in [-0.4, -0.2) is 65.2 Å². The van der Waals surface area contributed by atoms with Gasteiger partial charge in [0, 0.05) is 56.5 Å². The largest absolute Gasteiger partial charge is 0.436 e. The second kappa shape index (κ2) is 12.9. The van der Waals surface area contributed by atoms with Crippen molar-refractivity contribution in [1.29, 1.82) is 0 Å². The number of ether oxygens (including phenoxy) is 1. The number of nitrogens with zero attached hydrogens (tertiary/aromatic N) is 4. The molecule has 222 valence electrons. The lowest BCUT2D eigenvalue weighted by Crippen LogP contribution is -2.49. The van der Waals surface area contributed by atoms with E-state index in [0.29, 0.717) is 31.1 Å². The molecule has 0 radical (unpaired) electrons. The lowest BCUT2D eigenvalue weighted by Gasteiger charge is -2.39. The summed E-state index contributed by atoms with van der Waals surface area (Å²) >= 11 is 0. The highest BCUT2D eigenvalue weighted by molar-refractivity contribution is 5.66. The monoisotopic (exact) mass is 566 g/mol. The van der Waals surface area contributed by atoms with E-state index in [1.54, 1.807) is 0 Å². The van der Waals surface area contributed by atoms with Crippen LogP contribution in [0.5, 0.6) is 11.6 Å². The Kier molecular flexibility index (Phi) is 9.24. The Balaban J connectivity index is 1.34. The molecule has 0 spiro atoms. The molecule has 0 saturated carbocycles. The topological polar surface area (TPSA) is 65.6 Å². The Bertz CT molecular complexity index is 1300. The summed E-state index contributed by atoms with van der Waals surface area (Å²) < 4.78 is 37.3. The second-order valence-electron chi connectivity index (χ2n) is 11.7. The number of benzene rings is 1. The number of piperazine rings is 1. The molecule has 3 atom stereocenters. The number of hydrogen-bond acceptors (Lipinski definition) is 7.